The number of carbonyl (C=O) groups is 1. The quantitative estimate of drug-likeness (QED) is 0.575. The summed E-state index contributed by atoms with van der Waals surface area (Å²) < 4.78 is 4.35. The van der Waals surface area contributed by atoms with Crippen molar-refractivity contribution in [2.75, 3.05) is 7.11 Å². The molecule has 0 aliphatic rings. The van der Waals surface area contributed by atoms with E-state index >= 15 is 0 Å². The van der Waals surface area contributed by atoms with Gasteiger partial charge < -0.3 is 4.74 Å². The summed E-state index contributed by atoms with van der Waals surface area (Å²) in [4.78, 5) is 15.4. The lowest BCUT2D eigenvalue weighted by atomic mass is 10.4. The molecule has 0 radical (unpaired) electrons. The fourth-order valence-corrected chi connectivity index (χ4v) is 1.20. The molecule has 1 N–H and O–H groups in total. The van der Waals surface area contributed by atoms with Crippen LogP contribution in [0, 0.1) is 0 Å². The van der Waals surface area contributed by atoms with Crippen molar-refractivity contribution in [2.45, 2.75) is 6.92 Å². The molecule has 0 saturated carbocycles. The molecule has 0 aliphatic carbocycles. The molecule has 0 aromatic carbocycles. The average molecular weight is 199 g/mol. The zero-order chi connectivity index (χ0) is 9.68. The molecule has 1 amide bonds. The van der Waals surface area contributed by atoms with Gasteiger partial charge in [0.2, 0.25) is 0 Å². The summed E-state index contributed by atoms with van der Waals surface area (Å²) in [6, 6.07) is 0. The first-order chi connectivity index (χ1) is 6.24. The Labute approximate surface area is 79.4 Å². The van der Waals surface area contributed by atoms with Gasteiger partial charge in [0.1, 0.15) is 0 Å². The Morgan fingerprint density at radius 1 is 1.77 bits per heavy atom. The zero-order valence-electron chi connectivity index (χ0n) is 7.27. The van der Waals surface area contributed by atoms with E-state index in [4.69, 9.17) is 0 Å². The third-order valence-corrected chi connectivity index (χ3v) is 2.17. The number of nitrogens with one attached hydrogen (secondary N) is 1. The molecule has 0 atom stereocenters. The minimum atomic E-state index is -0.580. The number of carbonyl (C=O) groups excluding carboxylic acids is 1. The van der Waals surface area contributed by atoms with Crippen LogP contribution in [0.15, 0.2) is 16.8 Å². The van der Waals surface area contributed by atoms with Gasteiger partial charge in [0.25, 0.3) is 0 Å². The Bertz CT molecular complexity index is 308. The van der Waals surface area contributed by atoms with Crippen LogP contribution < -0.4 is 5.43 Å². The van der Waals surface area contributed by atoms with Gasteiger partial charge in [-0.25, -0.2) is 10.2 Å². The Balaban J connectivity index is 2.57. The normalized spacial score (nSPS) is 11.1. The number of hydrazone groups is 1. The molecule has 5 nitrogen and oxygen atoms in total. The van der Waals surface area contributed by atoms with E-state index in [1.54, 1.807) is 18.6 Å². The van der Waals surface area contributed by atoms with E-state index in [1.165, 1.54) is 18.4 Å². The summed E-state index contributed by atoms with van der Waals surface area (Å²) in [6.45, 7) is 1.78. The van der Waals surface area contributed by atoms with E-state index in [9.17, 15) is 4.79 Å². The number of aromatic nitrogens is 1. The molecule has 6 heteroatoms. The Hall–Kier alpha value is -1.43. The van der Waals surface area contributed by atoms with Gasteiger partial charge in [-0.1, -0.05) is 0 Å². The van der Waals surface area contributed by atoms with Gasteiger partial charge in [0.15, 0.2) is 0 Å². The molecule has 1 heterocycles. The monoisotopic (exact) mass is 199 g/mol. The van der Waals surface area contributed by atoms with Crippen LogP contribution in [-0.2, 0) is 4.74 Å². The molecule has 0 fully saturated rings. The summed E-state index contributed by atoms with van der Waals surface area (Å²) in [5, 5.41) is 3.80. The number of methoxy groups -OCH3 is 1. The van der Waals surface area contributed by atoms with Gasteiger partial charge in [-0.3, -0.25) is 4.98 Å². The molecule has 0 spiro atoms. The summed E-state index contributed by atoms with van der Waals surface area (Å²) in [5.74, 6) is 0. The zero-order valence-corrected chi connectivity index (χ0v) is 8.09. The van der Waals surface area contributed by atoms with E-state index in [0.717, 1.165) is 4.88 Å². The topological polar surface area (TPSA) is 63.6 Å². The first-order valence-electron chi connectivity index (χ1n) is 3.51. The highest BCUT2D eigenvalue weighted by atomic mass is 32.1. The number of thiazole rings is 1. The first-order valence-corrected chi connectivity index (χ1v) is 4.39. The molecule has 0 unspecified atom stereocenters. The van der Waals surface area contributed by atoms with Crippen LogP contribution in [0.2, 0.25) is 0 Å². The number of hydrogen-bond acceptors (Lipinski definition) is 5. The number of ether oxygens (including phenoxy) is 1. The lowest BCUT2D eigenvalue weighted by molar-refractivity contribution is 0.171. The summed E-state index contributed by atoms with van der Waals surface area (Å²) in [5.41, 5.74) is 4.63. The van der Waals surface area contributed by atoms with E-state index in [-0.39, 0.29) is 0 Å². The summed E-state index contributed by atoms with van der Waals surface area (Å²) >= 11 is 1.46. The van der Waals surface area contributed by atoms with Crippen molar-refractivity contribution in [1.82, 2.24) is 10.4 Å². The van der Waals surface area contributed by atoms with Gasteiger partial charge >= 0.3 is 6.09 Å². The molecular weight excluding hydrogens is 190 g/mol. The number of nitrogens with zero attached hydrogens (tertiary/aromatic N) is 2. The highest BCUT2D eigenvalue weighted by Gasteiger charge is 2.00. The second kappa shape index (κ2) is 4.56. The van der Waals surface area contributed by atoms with Crippen molar-refractivity contribution in [3.63, 3.8) is 0 Å². The van der Waals surface area contributed by atoms with E-state index in [1.807, 2.05) is 0 Å². The molecule has 13 heavy (non-hydrogen) atoms. The van der Waals surface area contributed by atoms with E-state index < -0.39 is 6.09 Å². The lowest BCUT2D eigenvalue weighted by Crippen LogP contribution is -2.18. The second-order valence-electron chi connectivity index (χ2n) is 2.17. The predicted molar refractivity (Wildman–Crippen MR) is 49.9 cm³/mol. The molecule has 0 bridgehead atoms. The van der Waals surface area contributed by atoms with Crippen molar-refractivity contribution in [2.24, 2.45) is 5.10 Å². The van der Waals surface area contributed by atoms with Gasteiger partial charge in [0, 0.05) is 6.20 Å². The van der Waals surface area contributed by atoms with Crippen LogP contribution in [0.5, 0.6) is 0 Å². The SMILES string of the molecule is COC(=O)N/N=C(\C)c1cncs1. The fraction of sp³-hybridized carbons (Fsp3) is 0.286. The molecular formula is C7H9N3O2S. The highest BCUT2D eigenvalue weighted by molar-refractivity contribution is 7.11. The molecule has 0 aliphatic heterocycles. The van der Waals surface area contributed by atoms with Crippen LogP contribution in [0.4, 0.5) is 4.79 Å². The maximum absolute atomic E-state index is 10.6. The van der Waals surface area contributed by atoms with Crippen LogP contribution in [0.1, 0.15) is 11.8 Å². The van der Waals surface area contributed by atoms with Gasteiger partial charge in [-0.05, 0) is 6.92 Å². The Morgan fingerprint density at radius 2 is 2.54 bits per heavy atom. The molecule has 1 rings (SSSR count). The maximum Gasteiger partial charge on any atom is 0.427 e. The highest BCUT2D eigenvalue weighted by Crippen LogP contribution is 2.06. The number of amides is 1. The lowest BCUT2D eigenvalue weighted by Gasteiger charge is -1.97. The van der Waals surface area contributed by atoms with Gasteiger partial charge in [0.05, 0.1) is 23.2 Å². The van der Waals surface area contributed by atoms with Gasteiger partial charge in [-0.2, -0.15) is 5.10 Å². The van der Waals surface area contributed by atoms with Crippen LogP contribution in [0.25, 0.3) is 0 Å². The minimum absolute atomic E-state index is 0.580. The van der Waals surface area contributed by atoms with Crippen LogP contribution in [-0.4, -0.2) is 23.9 Å². The molecule has 0 saturated heterocycles. The number of hydrogen-bond donors (Lipinski definition) is 1. The molecule has 1 aromatic heterocycles. The maximum atomic E-state index is 10.6. The largest absolute Gasteiger partial charge is 0.452 e. The van der Waals surface area contributed by atoms with Crippen molar-refractivity contribution in [3.05, 3.63) is 16.6 Å². The second-order valence-corrected chi connectivity index (χ2v) is 3.05. The van der Waals surface area contributed by atoms with Crippen LogP contribution >= 0.6 is 11.3 Å². The molecule has 70 valence electrons. The number of rotatable bonds is 2. The van der Waals surface area contributed by atoms with Gasteiger partial charge in [-0.15, -0.1) is 11.3 Å². The van der Waals surface area contributed by atoms with Crippen LogP contribution in [0.3, 0.4) is 0 Å². The van der Waals surface area contributed by atoms with Crippen molar-refractivity contribution in [1.29, 1.82) is 0 Å². The van der Waals surface area contributed by atoms with Crippen molar-refractivity contribution in [3.8, 4) is 0 Å². The van der Waals surface area contributed by atoms with Crippen molar-refractivity contribution < 1.29 is 9.53 Å². The molecule has 1 aromatic rings. The standard InChI is InChI=1S/C7H9N3O2S/c1-5(6-3-8-4-13-6)9-10-7(11)12-2/h3-4H,1-2H3,(H,10,11)/b9-5+. The van der Waals surface area contributed by atoms with E-state index in [0.29, 0.717) is 5.71 Å². The minimum Gasteiger partial charge on any atom is -0.452 e. The third-order valence-electron chi connectivity index (χ3n) is 1.29. The summed E-state index contributed by atoms with van der Waals surface area (Å²) in [6.07, 6.45) is 1.10. The smallest absolute Gasteiger partial charge is 0.427 e. The average Bonchev–Trinajstić information content (AvgIpc) is 2.66. The fourth-order valence-electron chi connectivity index (χ4n) is 0.625. The predicted octanol–water partition coefficient (Wildman–Crippen LogP) is 1.22. The van der Waals surface area contributed by atoms with Crippen molar-refractivity contribution >= 4 is 23.1 Å². The third kappa shape index (κ3) is 2.83. The Kier molecular flexibility index (Phi) is 3.39. The Morgan fingerprint density at radius 3 is 3.08 bits per heavy atom. The first kappa shape index (κ1) is 9.66. The summed E-state index contributed by atoms with van der Waals surface area (Å²) in [7, 11) is 1.28. The van der Waals surface area contributed by atoms with E-state index in [2.05, 4.69) is 20.2 Å².